The van der Waals surface area contributed by atoms with Gasteiger partial charge in [0.1, 0.15) is 0 Å². The minimum atomic E-state index is -0.161. The number of hydrogen-bond donors (Lipinski definition) is 0. The van der Waals surface area contributed by atoms with Gasteiger partial charge in [-0.3, -0.25) is 4.79 Å². The third-order valence-corrected chi connectivity index (χ3v) is 4.76. The number of hydrogen-bond acceptors (Lipinski definition) is 5. The molecule has 0 saturated heterocycles. The summed E-state index contributed by atoms with van der Waals surface area (Å²) >= 11 is 0. The molecule has 2 atom stereocenters. The molecular formula is C23H32N2O3. The average Bonchev–Trinajstić information content (AvgIpc) is 2.73. The molecule has 0 saturated carbocycles. The van der Waals surface area contributed by atoms with Crippen LogP contribution in [-0.2, 0) is 16.0 Å². The second kappa shape index (κ2) is 11.4. The number of nitrogens with zero attached hydrogens (tertiary/aromatic N) is 2. The van der Waals surface area contributed by atoms with Gasteiger partial charge in [-0.05, 0) is 24.3 Å². The summed E-state index contributed by atoms with van der Waals surface area (Å²) in [4.78, 5) is 20.9. The SMILES string of the molecule is CCCCOc1cnc(-c2ccc(CC(C)C(=O)OCC(C)CC)cc2)nc1. The van der Waals surface area contributed by atoms with Gasteiger partial charge < -0.3 is 9.47 Å². The third kappa shape index (κ3) is 6.95. The van der Waals surface area contributed by atoms with Gasteiger partial charge in [-0.15, -0.1) is 0 Å². The Kier molecular flexibility index (Phi) is 8.92. The lowest BCUT2D eigenvalue weighted by Gasteiger charge is -2.14. The van der Waals surface area contributed by atoms with Gasteiger partial charge in [0.15, 0.2) is 11.6 Å². The van der Waals surface area contributed by atoms with Crippen molar-refractivity contribution in [3.63, 3.8) is 0 Å². The quantitative estimate of drug-likeness (QED) is 0.399. The molecule has 1 heterocycles. The first kappa shape index (κ1) is 21.9. The molecule has 1 aromatic carbocycles. The van der Waals surface area contributed by atoms with Crippen molar-refractivity contribution >= 4 is 5.97 Å². The highest BCUT2D eigenvalue weighted by Crippen LogP contribution is 2.19. The molecule has 5 nitrogen and oxygen atoms in total. The Balaban J connectivity index is 1.89. The highest BCUT2D eigenvalue weighted by atomic mass is 16.5. The summed E-state index contributed by atoms with van der Waals surface area (Å²) in [6.45, 7) is 9.40. The Morgan fingerprint density at radius 2 is 1.75 bits per heavy atom. The first-order chi connectivity index (χ1) is 13.5. The average molecular weight is 385 g/mol. The van der Waals surface area contributed by atoms with E-state index in [4.69, 9.17) is 9.47 Å². The highest BCUT2D eigenvalue weighted by molar-refractivity contribution is 5.72. The summed E-state index contributed by atoms with van der Waals surface area (Å²) in [6.07, 6.45) is 7.20. The van der Waals surface area contributed by atoms with Crippen LogP contribution in [0.4, 0.5) is 0 Å². The molecule has 0 spiro atoms. The molecule has 0 aliphatic carbocycles. The zero-order chi connectivity index (χ0) is 20.4. The van der Waals surface area contributed by atoms with Crippen LogP contribution in [0.15, 0.2) is 36.7 Å². The van der Waals surface area contributed by atoms with Gasteiger partial charge in [-0.25, -0.2) is 9.97 Å². The lowest BCUT2D eigenvalue weighted by Crippen LogP contribution is -2.19. The molecule has 2 unspecified atom stereocenters. The van der Waals surface area contributed by atoms with Gasteiger partial charge in [0.2, 0.25) is 0 Å². The monoisotopic (exact) mass is 384 g/mol. The Morgan fingerprint density at radius 1 is 1.07 bits per heavy atom. The standard InChI is InChI=1S/C23H32N2O3/c1-5-7-12-27-21-14-24-22(25-15-21)20-10-8-19(9-11-20)13-18(4)23(26)28-16-17(3)6-2/h8-11,14-15,17-18H,5-7,12-13,16H2,1-4H3. The van der Waals surface area contributed by atoms with Crippen LogP contribution in [0.5, 0.6) is 5.75 Å². The molecule has 0 amide bonds. The second-order valence-electron chi connectivity index (χ2n) is 7.39. The van der Waals surface area contributed by atoms with Crippen molar-refractivity contribution in [3.8, 4) is 17.1 Å². The molecule has 0 fully saturated rings. The van der Waals surface area contributed by atoms with Crippen molar-refractivity contribution in [2.45, 2.75) is 53.4 Å². The summed E-state index contributed by atoms with van der Waals surface area (Å²) in [5, 5.41) is 0. The maximum absolute atomic E-state index is 12.1. The molecule has 0 aliphatic rings. The third-order valence-electron chi connectivity index (χ3n) is 4.76. The van der Waals surface area contributed by atoms with Crippen LogP contribution in [0.1, 0.15) is 52.5 Å². The molecule has 2 aromatic rings. The Morgan fingerprint density at radius 3 is 2.36 bits per heavy atom. The lowest BCUT2D eigenvalue weighted by atomic mass is 10.00. The first-order valence-electron chi connectivity index (χ1n) is 10.2. The van der Waals surface area contributed by atoms with Crippen LogP contribution in [0, 0.1) is 11.8 Å². The molecule has 0 N–H and O–H groups in total. The fraction of sp³-hybridized carbons (Fsp3) is 0.522. The van der Waals surface area contributed by atoms with Crippen molar-refractivity contribution in [1.29, 1.82) is 0 Å². The van der Waals surface area contributed by atoms with Crippen LogP contribution in [0.2, 0.25) is 0 Å². The molecule has 0 radical (unpaired) electrons. The number of rotatable bonds is 11. The topological polar surface area (TPSA) is 61.3 Å². The largest absolute Gasteiger partial charge is 0.490 e. The number of esters is 1. The summed E-state index contributed by atoms with van der Waals surface area (Å²) in [5.74, 6) is 1.46. The maximum atomic E-state index is 12.1. The van der Waals surface area contributed by atoms with E-state index < -0.39 is 0 Å². The fourth-order valence-corrected chi connectivity index (χ4v) is 2.59. The van der Waals surface area contributed by atoms with E-state index in [1.807, 2.05) is 31.2 Å². The molecular weight excluding hydrogens is 352 g/mol. The van der Waals surface area contributed by atoms with E-state index in [2.05, 4.69) is 30.7 Å². The Bertz CT molecular complexity index is 714. The smallest absolute Gasteiger partial charge is 0.308 e. The van der Waals surface area contributed by atoms with E-state index in [0.29, 0.717) is 37.1 Å². The summed E-state index contributed by atoms with van der Waals surface area (Å²) < 4.78 is 11.0. The zero-order valence-corrected chi connectivity index (χ0v) is 17.5. The molecule has 5 heteroatoms. The summed E-state index contributed by atoms with van der Waals surface area (Å²) in [7, 11) is 0. The van der Waals surface area contributed by atoms with Crippen molar-refractivity contribution in [3.05, 3.63) is 42.2 Å². The predicted octanol–water partition coefficient (Wildman–Crippen LogP) is 5.09. The number of carbonyl (C=O) groups excluding carboxylic acids is 1. The first-order valence-corrected chi connectivity index (χ1v) is 10.2. The van der Waals surface area contributed by atoms with Crippen molar-refractivity contribution in [1.82, 2.24) is 9.97 Å². The van der Waals surface area contributed by atoms with Crippen LogP contribution in [0.25, 0.3) is 11.4 Å². The molecule has 28 heavy (non-hydrogen) atoms. The Labute approximate surface area is 168 Å². The van der Waals surface area contributed by atoms with Crippen LogP contribution in [0.3, 0.4) is 0 Å². The van der Waals surface area contributed by atoms with E-state index in [0.717, 1.165) is 30.4 Å². The van der Waals surface area contributed by atoms with Gasteiger partial charge in [0.05, 0.1) is 31.5 Å². The number of benzene rings is 1. The number of ether oxygens (including phenoxy) is 2. The zero-order valence-electron chi connectivity index (χ0n) is 17.5. The van der Waals surface area contributed by atoms with Gasteiger partial charge in [-0.1, -0.05) is 64.8 Å². The van der Waals surface area contributed by atoms with E-state index in [1.54, 1.807) is 12.4 Å². The Hall–Kier alpha value is -2.43. The van der Waals surface area contributed by atoms with E-state index in [9.17, 15) is 4.79 Å². The van der Waals surface area contributed by atoms with Gasteiger partial charge in [-0.2, -0.15) is 0 Å². The number of carbonyl (C=O) groups is 1. The predicted molar refractivity (Wildman–Crippen MR) is 111 cm³/mol. The van der Waals surface area contributed by atoms with E-state index >= 15 is 0 Å². The minimum Gasteiger partial charge on any atom is -0.490 e. The van der Waals surface area contributed by atoms with Gasteiger partial charge in [0.25, 0.3) is 0 Å². The molecule has 0 bridgehead atoms. The second-order valence-corrected chi connectivity index (χ2v) is 7.39. The van der Waals surface area contributed by atoms with Crippen molar-refractivity contribution in [2.75, 3.05) is 13.2 Å². The van der Waals surface area contributed by atoms with Crippen molar-refractivity contribution in [2.24, 2.45) is 11.8 Å². The molecule has 1 aromatic heterocycles. The van der Waals surface area contributed by atoms with Crippen LogP contribution in [-0.4, -0.2) is 29.2 Å². The lowest BCUT2D eigenvalue weighted by molar-refractivity contribution is -0.149. The van der Waals surface area contributed by atoms with Crippen LogP contribution < -0.4 is 4.74 Å². The summed E-state index contributed by atoms with van der Waals surface area (Å²) in [5.41, 5.74) is 2.03. The molecule has 2 rings (SSSR count). The van der Waals surface area contributed by atoms with Gasteiger partial charge in [0, 0.05) is 5.56 Å². The normalized spacial score (nSPS) is 13.0. The molecule has 0 aliphatic heterocycles. The number of aromatic nitrogens is 2. The van der Waals surface area contributed by atoms with E-state index in [1.165, 1.54) is 0 Å². The minimum absolute atomic E-state index is 0.133. The van der Waals surface area contributed by atoms with Gasteiger partial charge >= 0.3 is 5.97 Å². The van der Waals surface area contributed by atoms with E-state index in [-0.39, 0.29) is 11.9 Å². The van der Waals surface area contributed by atoms with Crippen molar-refractivity contribution < 1.29 is 14.3 Å². The fourth-order valence-electron chi connectivity index (χ4n) is 2.59. The number of unbranched alkanes of at least 4 members (excludes halogenated alkanes) is 1. The molecule has 152 valence electrons. The highest BCUT2D eigenvalue weighted by Gasteiger charge is 2.16. The maximum Gasteiger partial charge on any atom is 0.308 e. The van der Waals surface area contributed by atoms with Crippen LogP contribution >= 0.6 is 0 Å². The summed E-state index contributed by atoms with van der Waals surface area (Å²) in [6, 6.07) is 8.00.